The van der Waals surface area contributed by atoms with Crippen molar-refractivity contribution in [2.45, 2.75) is 0 Å². The largest absolute Gasteiger partial charge is 0.362 e. The Hall–Kier alpha value is -0.960. The standard InChI is InChI=1S/C10H14N2S/c1-12(2)10(11-13-3)9-7-5-4-6-8-9/h4-8H,1-3H3. The van der Waals surface area contributed by atoms with E-state index in [1.54, 1.807) is 0 Å². The Labute approximate surface area is 83.8 Å². The van der Waals surface area contributed by atoms with Crippen LogP contribution in [-0.4, -0.2) is 31.1 Å². The number of nitrogens with zero attached hydrogens (tertiary/aromatic N) is 2. The van der Waals surface area contributed by atoms with Gasteiger partial charge in [-0.1, -0.05) is 30.3 Å². The molecule has 0 N–H and O–H groups in total. The summed E-state index contributed by atoms with van der Waals surface area (Å²) in [4.78, 5) is 2.02. The quantitative estimate of drug-likeness (QED) is 0.408. The Kier molecular flexibility index (Phi) is 3.83. The zero-order valence-corrected chi connectivity index (χ0v) is 9.01. The second-order valence-electron chi connectivity index (χ2n) is 2.86. The first-order valence-electron chi connectivity index (χ1n) is 4.09. The Morgan fingerprint density at radius 3 is 2.31 bits per heavy atom. The van der Waals surface area contributed by atoms with Crippen LogP contribution in [0.25, 0.3) is 0 Å². The molecule has 1 rings (SSSR count). The van der Waals surface area contributed by atoms with Gasteiger partial charge in [-0.05, 0) is 11.9 Å². The van der Waals surface area contributed by atoms with E-state index >= 15 is 0 Å². The van der Waals surface area contributed by atoms with Crippen molar-refractivity contribution in [2.24, 2.45) is 4.40 Å². The van der Waals surface area contributed by atoms with Gasteiger partial charge in [-0.3, -0.25) is 0 Å². The molecule has 3 heteroatoms. The Morgan fingerprint density at radius 2 is 1.85 bits per heavy atom. The average Bonchev–Trinajstić information content (AvgIpc) is 2.15. The van der Waals surface area contributed by atoms with Gasteiger partial charge < -0.3 is 4.90 Å². The highest BCUT2D eigenvalue weighted by molar-refractivity contribution is 7.97. The first-order valence-corrected chi connectivity index (χ1v) is 5.27. The number of hydrogen-bond donors (Lipinski definition) is 0. The highest BCUT2D eigenvalue weighted by Crippen LogP contribution is 2.07. The fourth-order valence-electron chi connectivity index (χ4n) is 1.07. The van der Waals surface area contributed by atoms with E-state index in [9.17, 15) is 0 Å². The van der Waals surface area contributed by atoms with Crippen LogP contribution in [0.15, 0.2) is 34.7 Å². The van der Waals surface area contributed by atoms with Crippen molar-refractivity contribution in [2.75, 3.05) is 20.4 Å². The van der Waals surface area contributed by atoms with Gasteiger partial charge in [-0.2, -0.15) is 4.40 Å². The third-order valence-electron chi connectivity index (χ3n) is 1.63. The van der Waals surface area contributed by atoms with E-state index in [1.165, 1.54) is 11.9 Å². The molecule has 1 aromatic carbocycles. The minimum absolute atomic E-state index is 1.01. The predicted molar refractivity (Wildman–Crippen MR) is 60.2 cm³/mol. The van der Waals surface area contributed by atoms with Crippen LogP contribution >= 0.6 is 11.9 Å². The van der Waals surface area contributed by atoms with Gasteiger partial charge in [0.1, 0.15) is 5.84 Å². The van der Waals surface area contributed by atoms with Crippen LogP contribution in [-0.2, 0) is 0 Å². The van der Waals surface area contributed by atoms with E-state index in [2.05, 4.69) is 16.5 Å². The average molecular weight is 194 g/mol. The maximum Gasteiger partial charge on any atom is 0.143 e. The van der Waals surface area contributed by atoms with Crippen molar-refractivity contribution in [1.29, 1.82) is 0 Å². The van der Waals surface area contributed by atoms with E-state index in [-0.39, 0.29) is 0 Å². The zero-order chi connectivity index (χ0) is 9.68. The van der Waals surface area contributed by atoms with Gasteiger partial charge in [0.25, 0.3) is 0 Å². The fourth-order valence-corrected chi connectivity index (χ4v) is 1.51. The molecule has 0 bridgehead atoms. The summed E-state index contributed by atoms with van der Waals surface area (Å²) >= 11 is 1.48. The van der Waals surface area contributed by atoms with Gasteiger partial charge in [0.2, 0.25) is 0 Å². The molecule has 0 radical (unpaired) electrons. The summed E-state index contributed by atoms with van der Waals surface area (Å²) in [6.45, 7) is 0. The van der Waals surface area contributed by atoms with Crippen LogP contribution < -0.4 is 0 Å². The number of amidine groups is 1. The molecule has 0 aromatic heterocycles. The van der Waals surface area contributed by atoms with Gasteiger partial charge in [-0.15, -0.1) is 0 Å². The zero-order valence-electron chi connectivity index (χ0n) is 8.19. The van der Waals surface area contributed by atoms with Gasteiger partial charge in [0.15, 0.2) is 0 Å². The topological polar surface area (TPSA) is 15.6 Å². The molecule has 0 spiro atoms. The molecule has 70 valence electrons. The lowest BCUT2D eigenvalue weighted by molar-refractivity contribution is 0.626. The minimum atomic E-state index is 1.01. The molecule has 0 fully saturated rings. The second kappa shape index (κ2) is 4.92. The van der Waals surface area contributed by atoms with E-state index in [0.29, 0.717) is 0 Å². The molecule has 2 nitrogen and oxygen atoms in total. The highest BCUT2D eigenvalue weighted by atomic mass is 32.2. The van der Waals surface area contributed by atoms with Crippen molar-refractivity contribution >= 4 is 17.8 Å². The van der Waals surface area contributed by atoms with Crippen LogP contribution in [0, 0.1) is 0 Å². The first-order chi connectivity index (χ1) is 6.25. The molecule has 13 heavy (non-hydrogen) atoms. The van der Waals surface area contributed by atoms with Crippen molar-refractivity contribution in [3.63, 3.8) is 0 Å². The van der Waals surface area contributed by atoms with Crippen LogP contribution in [0.4, 0.5) is 0 Å². The molecule has 0 aliphatic rings. The van der Waals surface area contributed by atoms with Crippen molar-refractivity contribution in [1.82, 2.24) is 4.90 Å². The minimum Gasteiger partial charge on any atom is -0.362 e. The molecule has 0 saturated carbocycles. The van der Waals surface area contributed by atoms with Gasteiger partial charge in [0, 0.05) is 25.9 Å². The molecule has 0 aliphatic heterocycles. The molecule has 0 unspecified atom stereocenters. The maximum absolute atomic E-state index is 4.35. The summed E-state index contributed by atoms with van der Waals surface area (Å²) < 4.78 is 4.35. The maximum atomic E-state index is 4.35. The third kappa shape index (κ3) is 2.77. The van der Waals surface area contributed by atoms with Crippen LogP contribution in [0.3, 0.4) is 0 Å². The SMILES string of the molecule is CSN=C(c1ccccc1)N(C)C. The molecule has 0 amide bonds. The summed E-state index contributed by atoms with van der Waals surface area (Å²) in [6.07, 6.45) is 1.96. The molecule has 0 aliphatic carbocycles. The second-order valence-corrected chi connectivity index (χ2v) is 3.41. The summed E-state index contributed by atoms with van der Waals surface area (Å²) in [5, 5.41) is 0. The molecule has 1 aromatic rings. The van der Waals surface area contributed by atoms with E-state index in [0.717, 1.165) is 11.4 Å². The monoisotopic (exact) mass is 194 g/mol. The summed E-state index contributed by atoms with van der Waals surface area (Å²) in [5.74, 6) is 1.01. The lowest BCUT2D eigenvalue weighted by atomic mass is 10.2. The van der Waals surface area contributed by atoms with Gasteiger partial charge in [-0.25, -0.2) is 0 Å². The number of rotatable bonds is 2. The molecular formula is C10H14N2S. The van der Waals surface area contributed by atoms with E-state index < -0.39 is 0 Å². The van der Waals surface area contributed by atoms with Gasteiger partial charge >= 0.3 is 0 Å². The summed E-state index contributed by atoms with van der Waals surface area (Å²) in [6, 6.07) is 10.2. The third-order valence-corrected chi connectivity index (χ3v) is 1.99. The molecule has 0 saturated heterocycles. The molecule has 0 heterocycles. The Bertz CT molecular complexity index is 280. The first kappa shape index (κ1) is 10.1. The van der Waals surface area contributed by atoms with E-state index in [1.807, 2.05) is 43.5 Å². The number of benzene rings is 1. The Morgan fingerprint density at radius 1 is 1.23 bits per heavy atom. The molecular weight excluding hydrogens is 180 g/mol. The van der Waals surface area contributed by atoms with Crippen molar-refractivity contribution in [3.8, 4) is 0 Å². The van der Waals surface area contributed by atoms with Crippen molar-refractivity contribution < 1.29 is 0 Å². The number of hydrogen-bond acceptors (Lipinski definition) is 2. The molecule has 0 atom stereocenters. The van der Waals surface area contributed by atoms with Gasteiger partial charge in [0.05, 0.1) is 0 Å². The Balaban J connectivity index is 2.96. The van der Waals surface area contributed by atoms with Crippen LogP contribution in [0.5, 0.6) is 0 Å². The van der Waals surface area contributed by atoms with Crippen molar-refractivity contribution in [3.05, 3.63) is 35.9 Å². The fraction of sp³-hybridized carbons (Fsp3) is 0.300. The predicted octanol–water partition coefficient (Wildman–Crippen LogP) is 2.27. The summed E-state index contributed by atoms with van der Waals surface area (Å²) in [5.41, 5.74) is 1.15. The summed E-state index contributed by atoms with van der Waals surface area (Å²) in [7, 11) is 4.00. The smallest absolute Gasteiger partial charge is 0.143 e. The lowest BCUT2D eigenvalue weighted by Crippen LogP contribution is -2.22. The van der Waals surface area contributed by atoms with E-state index in [4.69, 9.17) is 0 Å². The normalized spacial score (nSPS) is 11.5. The van der Waals surface area contributed by atoms with Crippen LogP contribution in [0.1, 0.15) is 5.56 Å². The lowest BCUT2D eigenvalue weighted by Gasteiger charge is -2.14. The van der Waals surface area contributed by atoms with Crippen LogP contribution in [0.2, 0.25) is 0 Å². The highest BCUT2D eigenvalue weighted by Gasteiger charge is 2.03.